The second-order valence-electron chi connectivity index (χ2n) is 5.19. The molecule has 0 radical (unpaired) electrons. The van der Waals surface area contributed by atoms with E-state index in [1.54, 1.807) is 17.0 Å². The number of carbonyl (C=O) groups is 2. The molecule has 1 aliphatic heterocycles. The highest BCUT2D eigenvalue weighted by Gasteiger charge is 2.32. The van der Waals surface area contributed by atoms with Gasteiger partial charge in [-0.15, -0.1) is 15.3 Å². The third-order valence-electron chi connectivity index (χ3n) is 3.34. The fourth-order valence-corrected chi connectivity index (χ4v) is 3.27. The zero-order valence-electron chi connectivity index (χ0n) is 13.7. The number of nitrogens with zero attached hydrogens (tertiary/aromatic N) is 5. The van der Waals surface area contributed by atoms with Crippen LogP contribution >= 0.6 is 11.8 Å². The molecule has 1 fully saturated rings. The average molecular weight is 356 g/mol. The van der Waals surface area contributed by atoms with Crippen molar-refractivity contribution in [2.45, 2.75) is 13.8 Å². The monoisotopic (exact) mass is 356 g/mol. The van der Waals surface area contributed by atoms with Gasteiger partial charge < -0.3 is 5.32 Å². The molecule has 0 unspecified atom stereocenters. The number of amidine groups is 1. The number of carbonyl (C=O) groups excluding carboxylic acids is 2. The van der Waals surface area contributed by atoms with E-state index in [4.69, 9.17) is 0 Å². The lowest BCUT2D eigenvalue weighted by atomic mass is 10.2. The summed E-state index contributed by atoms with van der Waals surface area (Å²) in [6.45, 7) is 3.87. The van der Waals surface area contributed by atoms with Crippen LogP contribution in [0.15, 0.2) is 46.9 Å². The predicted octanol–water partition coefficient (Wildman–Crippen LogP) is 1.99. The second-order valence-corrected chi connectivity index (χ2v) is 6.20. The van der Waals surface area contributed by atoms with Crippen LogP contribution in [0.5, 0.6) is 0 Å². The molecule has 0 spiro atoms. The van der Waals surface area contributed by atoms with E-state index in [1.807, 2.05) is 25.1 Å². The van der Waals surface area contributed by atoms with E-state index in [9.17, 15) is 9.59 Å². The molecular weight excluding hydrogens is 340 g/mol. The summed E-state index contributed by atoms with van der Waals surface area (Å²) in [4.78, 5) is 25.8. The first-order valence-corrected chi connectivity index (χ1v) is 8.41. The van der Waals surface area contributed by atoms with Crippen LogP contribution in [0.1, 0.15) is 19.4 Å². The summed E-state index contributed by atoms with van der Waals surface area (Å²) < 4.78 is 1.46. The van der Waals surface area contributed by atoms with Crippen molar-refractivity contribution >= 4 is 40.5 Å². The first-order chi connectivity index (χ1) is 12.1. The first-order valence-electron chi connectivity index (χ1n) is 7.59. The summed E-state index contributed by atoms with van der Waals surface area (Å²) in [5.74, 6) is -0.216. The highest BCUT2D eigenvalue weighted by atomic mass is 32.2. The Morgan fingerprint density at radius 3 is 2.56 bits per heavy atom. The van der Waals surface area contributed by atoms with Crippen LogP contribution in [0.3, 0.4) is 0 Å². The predicted molar refractivity (Wildman–Crippen MR) is 96.6 cm³/mol. The number of hydrogen-bond donors (Lipinski definition) is 1. The fraction of sp³-hybridized carbons (Fsp3) is 0.188. The highest BCUT2D eigenvalue weighted by molar-refractivity contribution is 8.18. The summed E-state index contributed by atoms with van der Waals surface area (Å²) in [5.41, 5.74) is 1.58. The standard InChI is InChI=1S/C16H16N6O2S/c1-3-22-15(24)14(25-16(22)20-21-9-17-18-10-21)8-12-4-6-13(7-5-12)19-11(2)23/h4-10H,3H2,1-2H3,(H,19,23)/b14-8+,20-16-. The topological polar surface area (TPSA) is 92.5 Å². The molecule has 1 N–H and O–H groups in total. The molecule has 1 aromatic carbocycles. The third kappa shape index (κ3) is 3.94. The van der Waals surface area contributed by atoms with Gasteiger partial charge in [0.25, 0.3) is 5.91 Å². The molecule has 0 bridgehead atoms. The summed E-state index contributed by atoms with van der Waals surface area (Å²) in [5, 5.41) is 15.0. The number of aromatic nitrogens is 3. The Balaban J connectivity index is 1.83. The lowest BCUT2D eigenvalue weighted by Gasteiger charge is -2.11. The van der Waals surface area contributed by atoms with Crippen LogP contribution in [0, 0.1) is 0 Å². The SMILES string of the molecule is CCN1C(=O)/C(=C\c2ccc(NC(C)=O)cc2)S/C1=N\n1cnnc1. The van der Waals surface area contributed by atoms with Crippen molar-refractivity contribution in [1.29, 1.82) is 0 Å². The molecule has 25 heavy (non-hydrogen) atoms. The molecule has 2 heterocycles. The highest BCUT2D eigenvalue weighted by Crippen LogP contribution is 2.32. The molecule has 2 aromatic rings. The smallest absolute Gasteiger partial charge is 0.266 e. The number of rotatable bonds is 4. The Morgan fingerprint density at radius 1 is 1.28 bits per heavy atom. The van der Waals surface area contributed by atoms with E-state index in [-0.39, 0.29) is 11.8 Å². The van der Waals surface area contributed by atoms with Crippen LogP contribution in [0.2, 0.25) is 0 Å². The molecule has 1 aromatic heterocycles. The Hall–Kier alpha value is -2.94. The van der Waals surface area contributed by atoms with Gasteiger partial charge in [-0.2, -0.15) is 0 Å². The quantitative estimate of drug-likeness (QED) is 0.846. The van der Waals surface area contributed by atoms with E-state index >= 15 is 0 Å². The van der Waals surface area contributed by atoms with Crippen LogP contribution in [-0.2, 0) is 9.59 Å². The number of hydrogen-bond acceptors (Lipinski definition) is 6. The van der Waals surface area contributed by atoms with Crippen molar-refractivity contribution in [3.05, 3.63) is 47.4 Å². The minimum absolute atomic E-state index is 0.0924. The number of thioether (sulfide) groups is 1. The maximum atomic E-state index is 12.6. The summed E-state index contributed by atoms with van der Waals surface area (Å²) in [6.07, 6.45) is 4.74. The summed E-state index contributed by atoms with van der Waals surface area (Å²) in [6, 6.07) is 7.28. The summed E-state index contributed by atoms with van der Waals surface area (Å²) in [7, 11) is 0. The average Bonchev–Trinajstić information content (AvgIpc) is 3.18. The molecule has 128 valence electrons. The molecular formula is C16H16N6O2S. The van der Waals surface area contributed by atoms with Gasteiger partial charge in [-0.05, 0) is 42.5 Å². The lowest BCUT2D eigenvalue weighted by molar-refractivity contribution is -0.122. The van der Waals surface area contributed by atoms with Crippen LogP contribution in [0.25, 0.3) is 6.08 Å². The molecule has 9 heteroatoms. The van der Waals surface area contributed by atoms with Gasteiger partial charge in [-0.1, -0.05) is 12.1 Å². The lowest BCUT2D eigenvalue weighted by Crippen LogP contribution is -2.29. The molecule has 0 atom stereocenters. The van der Waals surface area contributed by atoms with Crippen molar-refractivity contribution in [2.24, 2.45) is 5.10 Å². The van der Waals surface area contributed by atoms with Crippen LogP contribution < -0.4 is 5.32 Å². The molecule has 3 rings (SSSR count). The van der Waals surface area contributed by atoms with Gasteiger partial charge in [0, 0.05) is 19.2 Å². The normalized spacial score (nSPS) is 17.5. The molecule has 1 saturated heterocycles. The summed E-state index contributed by atoms with van der Waals surface area (Å²) >= 11 is 1.30. The van der Waals surface area contributed by atoms with Crippen molar-refractivity contribution in [1.82, 2.24) is 19.8 Å². The maximum Gasteiger partial charge on any atom is 0.266 e. The van der Waals surface area contributed by atoms with E-state index < -0.39 is 0 Å². The number of likely N-dealkylation sites (N-methyl/N-ethyl adjacent to an activating group) is 1. The van der Waals surface area contributed by atoms with Gasteiger partial charge >= 0.3 is 0 Å². The third-order valence-corrected chi connectivity index (χ3v) is 4.34. The van der Waals surface area contributed by atoms with Crippen molar-refractivity contribution in [3.63, 3.8) is 0 Å². The van der Waals surface area contributed by atoms with Crippen LogP contribution in [0.4, 0.5) is 5.69 Å². The number of nitrogens with one attached hydrogen (secondary N) is 1. The van der Waals surface area contributed by atoms with E-state index in [1.165, 1.54) is 36.0 Å². The Kier molecular flexibility index (Phi) is 4.94. The zero-order chi connectivity index (χ0) is 17.8. The maximum absolute atomic E-state index is 12.6. The molecule has 1 aliphatic rings. The Bertz CT molecular complexity index is 842. The van der Waals surface area contributed by atoms with Gasteiger partial charge in [0.2, 0.25) is 5.91 Å². The number of amides is 2. The zero-order valence-corrected chi connectivity index (χ0v) is 14.5. The minimum atomic E-state index is -0.124. The van der Waals surface area contributed by atoms with Gasteiger partial charge in [-0.25, -0.2) is 4.68 Å². The largest absolute Gasteiger partial charge is 0.326 e. The van der Waals surface area contributed by atoms with Gasteiger partial charge in [0.05, 0.1) is 4.91 Å². The fourth-order valence-electron chi connectivity index (χ4n) is 2.22. The van der Waals surface area contributed by atoms with Gasteiger partial charge in [-0.3, -0.25) is 14.5 Å². The van der Waals surface area contributed by atoms with Gasteiger partial charge in [0.1, 0.15) is 12.7 Å². The number of benzene rings is 1. The van der Waals surface area contributed by atoms with E-state index in [2.05, 4.69) is 20.6 Å². The van der Waals surface area contributed by atoms with Gasteiger partial charge in [0.15, 0.2) is 5.17 Å². The second kappa shape index (κ2) is 7.31. The Morgan fingerprint density at radius 2 is 1.96 bits per heavy atom. The van der Waals surface area contributed by atoms with Crippen molar-refractivity contribution in [3.8, 4) is 0 Å². The van der Waals surface area contributed by atoms with Crippen molar-refractivity contribution < 1.29 is 9.59 Å². The molecule has 0 aliphatic carbocycles. The molecule has 2 amide bonds. The van der Waals surface area contributed by atoms with Crippen LogP contribution in [-0.4, -0.2) is 43.3 Å². The van der Waals surface area contributed by atoms with E-state index in [0.29, 0.717) is 22.3 Å². The van der Waals surface area contributed by atoms with E-state index in [0.717, 1.165) is 5.56 Å². The number of anilines is 1. The van der Waals surface area contributed by atoms with Crippen molar-refractivity contribution in [2.75, 3.05) is 11.9 Å². The molecule has 8 nitrogen and oxygen atoms in total. The Labute approximate surface area is 148 Å². The first kappa shape index (κ1) is 16.9. The molecule has 0 saturated carbocycles. The minimum Gasteiger partial charge on any atom is -0.326 e.